The van der Waals surface area contributed by atoms with Crippen molar-refractivity contribution in [1.82, 2.24) is 10.6 Å². The maximum Gasteiger partial charge on any atom is 0.313 e. The highest BCUT2D eigenvalue weighted by atomic mass is 16.7. The summed E-state index contributed by atoms with van der Waals surface area (Å²) in [4.78, 5) is 49.3. The summed E-state index contributed by atoms with van der Waals surface area (Å²) in [5, 5.41) is 17.0. The van der Waals surface area contributed by atoms with Crippen LogP contribution in [0.2, 0.25) is 0 Å². The van der Waals surface area contributed by atoms with Crippen LogP contribution in [0.25, 0.3) is 0 Å². The third-order valence-electron chi connectivity index (χ3n) is 5.97. The minimum atomic E-state index is -1.10. The van der Waals surface area contributed by atoms with Gasteiger partial charge in [-0.15, -0.1) is 0 Å². The van der Waals surface area contributed by atoms with E-state index < -0.39 is 48.2 Å². The van der Waals surface area contributed by atoms with Crippen LogP contribution in [0.4, 0.5) is 5.69 Å². The lowest BCUT2D eigenvalue weighted by Gasteiger charge is -2.32. The molecule has 4 N–H and O–H groups in total. The zero-order chi connectivity index (χ0) is 26.9. The number of carbonyl (C=O) groups excluding carboxylic acids is 3. The van der Waals surface area contributed by atoms with Crippen LogP contribution >= 0.6 is 0 Å². The summed E-state index contributed by atoms with van der Waals surface area (Å²) in [6, 6.07) is 5.27. The average molecular weight is 506 g/mol. The molecule has 1 aromatic rings. The van der Waals surface area contributed by atoms with E-state index in [4.69, 9.17) is 9.47 Å². The van der Waals surface area contributed by atoms with Crippen molar-refractivity contribution >= 4 is 29.4 Å². The Morgan fingerprint density at radius 3 is 2.39 bits per heavy atom. The van der Waals surface area contributed by atoms with Crippen molar-refractivity contribution in [3.05, 3.63) is 29.8 Å². The van der Waals surface area contributed by atoms with Crippen molar-refractivity contribution in [3.63, 3.8) is 0 Å². The van der Waals surface area contributed by atoms with Crippen LogP contribution in [0, 0.1) is 0 Å². The Morgan fingerprint density at radius 1 is 1.11 bits per heavy atom. The summed E-state index contributed by atoms with van der Waals surface area (Å²) >= 11 is 0. The summed E-state index contributed by atoms with van der Waals surface area (Å²) in [6.07, 6.45) is 1.64. The maximum absolute atomic E-state index is 12.8. The number of amides is 3. The van der Waals surface area contributed by atoms with E-state index in [1.54, 1.807) is 12.1 Å². The second-order valence-corrected chi connectivity index (χ2v) is 10.0. The van der Waals surface area contributed by atoms with E-state index in [-0.39, 0.29) is 11.8 Å². The highest BCUT2D eigenvalue weighted by Gasteiger charge is 2.31. The normalized spacial score (nSPS) is 18.4. The van der Waals surface area contributed by atoms with Gasteiger partial charge in [0.15, 0.2) is 6.29 Å². The number of nitrogens with one attached hydrogen (secondary N) is 3. The van der Waals surface area contributed by atoms with Crippen LogP contribution in [-0.4, -0.2) is 59.9 Å². The largest absolute Gasteiger partial charge is 0.481 e. The third kappa shape index (κ3) is 8.91. The first-order valence-electron chi connectivity index (χ1n) is 12.4. The molecule has 3 amide bonds. The smallest absolute Gasteiger partial charge is 0.313 e. The molecule has 10 heteroatoms. The summed E-state index contributed by atoms with van der Waals surface area (Å²) < 4.78 is 11.5. The van der Waals surface area contributed by atoms with Gasteiger partial charge in [0.25, 0.3) is 0 Å². The summed E-state index contributed by atoms with van der Waals surface area (Å²) in [5.41, 5.74) is 1.12. The number of hydrogen-bond acceptors (Lipinski definition) is 6. The Bertz CT molecular complexity index is 922. The van der Waals surface area contributed by atoms with Crippen LogP contribution in [0.15, 0.2) is 24.3 Å². The van der Waals surface area contributed by atoms with E-state index in [0.717, 1.165) is 18.4 Å². The van der Waals surface area contributed by atoms with Crippen molar-refractivity contribution in [3.8, 4) is 0 Å². The Hall–Kier alpha value is -2.98. The molecule has 1 aliphatic rings. The van der Waals surface area contributed by atoms with Gasteiger partial charge in [-0.1, -0.05) is 45.9 Å². The molecular weight excluding hydrogens is 466 g/mol. The minimum absolute atomic E-state index is 0.257. The lowest BCUT2D eigenvalue weighted by Crippen LogP contribution is -2.54. The number of benzene rings is 1. The number of para-hydroxylation sites is 1. The van der Waals surface area contributed by atoms with E-state index >= 15 is 0 Å². The van der Waals surface area contributed by atoms with Gasteiger partial charge < -0.3 is 30.5 Å². The van der Waals surface area contributed by atoms with Crippen LogP contribution in [0.5, 0.6) is 0 Å². The van der Waals surface area contributed by atoms with E-state index in [1.165, 1.54) is 6.92 Å². The fourth-order valence-corrected chi connectivity index (χ4v) is 4.01. The molecule has 1 heterocycles. The first-order valence-corrected chi connectivity index (χ1v) is 12.4. The molecule has 1 fully saturated rings. The number of anilines is 1. The van der Waals surface area contributed by atoms with Gasteiger partial charge in [-0.2, -0.15) is 0 Å². The lowest BCUT2D eigenvalue weighted by atomic mass is 9.86. The summed E-state index contributed by atoms with van der Waals surface area (Å²) in [7, 11) is 0. The molecule has 2 rings (SSSR count). The molecule has 0 aromatic heterocycles. The molecule has 36 heavy (non-hydrogen) atoms. The van der Waals surface area contributed by atoms with Gasteiger partial charge in [0, 0.05) is 12.3 Å². The standard InChI is InChI=1S/C26H39N3O7/c1-6-20(36-22-13-9-10-14-35-22)19(15-21(30)31)29-23(32)16(2)27-24(33)25(34)28-18-12-8-7-11-17(18)26(3,4)5/h7-8,11-12,16,19-20,22H,6,9-10,13-15H2,1-5H3,(H,27,33)(H,28,34)(H,29,32)(H,30,31)/t16-,19-,20?,22?/m0/s1. The van der Waals surface area contributed by atoms with Crippen molar-refractivity contribution in [2.45, 2.75) is 96.6 Å². The third-order valence-corrected chi connectivity index (χ3v) is 5.97. The molecular formula is C26H39N3O7. The van der Waals surface area contributed by atoms with E-state index in [1.807, 2.05) is 39.8 Å². The molecule has 0 bridgehead atoms. The van der Waals surface area contributed by atoms with Gasteiger partial charge in [0.2, 0.25) is 5.91 Å². The van der Waals surface area contributed by atoms with Gasteiger partial charge in [-0.25, -0.2) is 0 Å². The predicted octanol–water partition coefficient (Wildman–Crippen LogP) is 2.71. The van der Waals surface area contributed by atoms with Gasteiger partial charge >= 0.3 is 17.8 Å². The first-order chi connectivity index (χ1) is 16.9. The molecule has 10 nitrogen and oxygen atoms in total. The highest BCUT2D eigenvalue weighted by molar-refractivity contribution is 6.40. The Labute approximate surface area is 212 Å². The van der Waals surface area contributed by atoms with E-state index in [0.29, 0.717) is 25.1 Å². The van der Waals surface area contributed by atoms with Gasteiger partial charge in [-0.05, 0) is 49.7 Å². The number of carbonyl (C=O) groups is 4. The fraction of sp³-hybridized carbons (Fsp3) is 0.615. The van der Waals surface area contributed by atoms with Crippen molar-refractivity contribution in [1.29, 1.82) is 0 Å². The quantitative estimate of drug-likeness (QED) is 0.358. The topological polar surface area (TPSA) is 143 Å². The number of hydrogen-bond donors (Lipinski definition) is 4. The molecule has 1 aromatic carbocycles. The number of carboxylic acids is 1. The van der Waals surface area contributed by atoms with E-state index in [2.05, 4.69) is 16.0 Å². The van der Waals surface area contributed by atoms with Crippen LogP contribution < -0.4 is 16.0 Å². The monoisotopic (exact) mass is 505 g/mol. The SMILES string of the molecule is CCC(OC1CCCCO1)[C@H](CC(=O)O)NC(=O)[C@H](C)NC(=O)C(=O)Nc1ccccc1C(C)(C)C. The Balaban J connectivity index is 2.00. The fourth-order valence-electron chi connectivity index (χ4n) is 4.01. The second-order valence-electron chi connectivity index (χ2n) is 10.0. The van der Waals surface area contributed by atoms with Gasteiger partial charge in [-0.3, -0.25) is 19.2 Å². The zero-order valence-corrected chi connectivity index (χ0v) is 21.8. The van der Waals surface area contributed by atoms with Gasteiger partial charge in [0.1, 0.15) is 6.04 Å². The van der Waals surface area contributed by atoms with Crippen molar-refractivity contribution in [2.24, 2.45) is 0 Å². The maximum atomic E-state index is 12.8. The molecule has 4 atom stereocenters. The number of aliphatic carboxylic acids is 1. The van der Waals surface area contributed by atoms with Crippen molar-refractivity contribution < 1.29 is 33.8 Å². The predicted molar refractivity (Wildman–Crippen MR) is 134 cm³/mol. The minimum Gasteiger partial charge on any atom is -0.481 e. The lowest BCUT2D eigenvalue weighted by molar-refractivity contribution is -0.196. The number of ether oxygens (including phenoxy) is 2. The highest BCUT2D eigenvalue weighted by Crippen LogP contribution is 2.29. The van der Waals surface area contributed by atoms with Gasteiger partial charge in [0.05, 0.1) is 18.6 Å². The molecule has 1 aliphatic heterocycles. The molecule has 200 valence electrons. The molecule has 0 spiro atoms. The second kappa shape index (κ2) is 13.4. The Morgan fingerprint density at radius 2 is 1.81 bits per heavy atom. The van der Waals surface area contributed by atoms with Crippen LogP contribution in [0.1, 0.15) is 72.3 Å². The Kier molecular flexibility index (Phi) is 10.9. The summed E-state index contributed by atoms with van der Waals surface area (Å²) in [5.74, 6) is -3.60. The summed E-state index contributed by atoms with van der Waals surface area (Å²) in [6.45, 7) is 9.80. The average Bonchev–Trinajstić information content (AvgIpc) is 2.82. The van der Waals surface area contributed by atoms with Crippen LogP contribution in [-0.2, 0) is 34.1 Å². The molecule has 0 radical (unpaired) electrons. The van der Waals surface area contributed by atoms with Crippen molar-refractivity contribution in [2.75, 3.05) is 11.9 Å². The first kappa shape index (κ1) is 29.3. The molecule has 2 unspecified atom stereocenters. The number of rotatable bonds is 10. The molecule has 1 saturated heterocycles. The van der Waals surface area contributed by atoms with Crippen LogP contribution in [0.3, 0.4) is 0 Å². The molecule has 0 saturated carbocycles. The zero-order valence-electron chi connectivity index (χ0n) is 21.8. The number of carboxylic acid groups (broad SMARTS) is 1. The molecule has 0 aliphatic carbocycles. The van der Waals surface area contributed by atoms with E-state index in [9.17, 15) is 24.3 Å².